The van der Waals surface area contributed by atoms with Crippen molar-refractivity contribution in [2.24, 2.45) is 0 Å². The zero-order valence-corrected chi connectivity index (χ0v) is 13.2. The van der Waals surface area contributed by atoms with Crippen LogP contribution in [0.4, 0.5) is 6.01 Å². The van der Waals surface area contributed by atoms with E-state index >= 15 is 0 Å². The first-order valence-electron chi connectivity index (χ1n) is 7.69. The Bertz CT molecular complexity index is 684. The van der Waals surface area contributed by atoms with Crippen molar-refractivity contribution in [3.63, 3.8) is 0 Å². The van der Waals surface area contributed by atoms with Crippen molar-refractivity contribution in [3.8, 4) is 29.5 Å². The molecule has 1 saturated heterocycles. The molecular weight excluding hydrogens is 292 g/mol. The van der Waals surface area contributed by atoms with Crippen LogP contribution in [0.15, 0.2) is 28.8 Å². The highest BCUT2D eigenvalue weighted by atomic mass is 16.5. The summed E-state index contributed by atoms with van der Waals surface area (Å²) in [4.78, 5) is 8.98. The van der Waals surface area contributed by atoms with Crippen molar-refractivity contribution < 1.29 is 9.26 Å². The van der Waals surface area contributed by atoms with Crippen LogP contribution in [-0.4, -0.2) is 54.9 Å². The molecule has 1 fully saturated rings. The molecular formula is C17H20N4O2. The second-order valence-electron chi connectivity index (χ2n) is 5.42. The van der Waals surface area contributed by atoms with E-state index in [1.807, 2.05) is 24.3 Å². The SMILES string of the molecule is C#CCCN1CCN(c2nc(-c3cccc(OC)c3)no2)CC1. The van der Waals surface area contributed by atoms with Crippen LogP contribution in [0, 0.1) is 12.3 Å². The summed E-state index contributed by atoms with van der Waals surface area (Å²) in [5, 5.41) is 4.08. The van der Waals surface area contributed by atoms with Gasteiger partial charge in [0.1, 0.15) is 5.75 Å². The smallest absolute Gasteiger partial charge is 0.324 e. The number of hydrogen-bond donors (Lipinski definition) is 0. The Morgan fingerprint density at radius 1 is 1.30 bits per heavy atom. The van der Waals surface area contributed by atoms with Crippen LogP contribution >= 0.6 is 0 Å². The Kier molecular flexibility index (Phi) is 4.79. The van der Waals surface area contributed by atoms with Gasteiger partial charge in [0, 0.05) is 44.7 Å². The summed E-state index contributed by atoms with van der Waals surface area (Å²) in [7, 11) is 1.64. The molecule has 2 aromatic rings. The molecule has 2 heterocycles. The topological polar surface area (TPSA) is 54.6 Å². The minimum atomic E-state index is 0.569. The zero-order valence-electron chi connectivity index (χ0n) is 13.2. The van der Waals surface area contributed by atoms with Crippen LogP contribution in [0.1, 0.15) is 6.42 Å². The lowest BCUT2D eigenvalue weighted by Crippen LogP contribution is -2.46. The predicted octanol–water partition coefficient (Wildman–Crippen LogP) is 1.89. The molecule has 6 nitrogen and oxygen atoms in total. The Morgan fingerprint density at radius 3 is 2.87 bits per heavy atom. The average molecular weight is 312 g/mol. The Balaban J connectivity index is 1.65. The summed E-state index contributed by atoms with van der Waals surface area (Å²) in [6.45, 7) is 4.59. The highest BCUT2D eigenvalue weighted by Gasteiger charge is 2.21. The molecule has 23 heavy (non-hydrogen) atoms. The Labute approximate surface area is 136 Å². The average Bonchev–Trinajstić information content (AvgIpc) is 3.10. The fraction of sp³-hybridized carbons (Fsp3) is 0.412. The number of terminal acetylenes is 1. The molecule has 1 aliphatic heterocycles. The molecule has 120 valence electrons. The zero-order chi connectivity index (χ0) is 16.1. The van der Waals surface area contributed by atoms with Crippen molar-refractivity contribution >= 4 is 6.01 Å². The van der Waals surface area contributed by atoms with E-state index in [2.05, 4.69) is 25.9 Å². The highest BCUT2D eigenvalue weighted by molar-refractivity contribution is 5.58. The van der Waals surface area contributed by atoms with Crippen molar-refractivity contribution in [3.05, 3.63) is 24.3 Å². The van der Waals surface area contributed by atoms with Gasteiger partial charge in [-0.3, -0.25) is 4.90 Å². The minimum absolute atomic E-state index is 0.569. The van der Waals surface area contributed by atoms with Gasteiger partial charge in [0.2, 0.25) is 5.82 Å². The number of hydrogen-bond acceptors (Lipinski definition) is 6. The van der Waals surface area contributed by atoms with Gasteiger partial charge < -0.3 is 14.2 Å². The molecule has 0 unspecified atom stereocenters. The predicted molar refractivity (Wildman–Crippen MR) is 88.4 cm³/mol. The van der Waals surface area contributed by atoms with Crippen molar-refractivity contribution in [2.45, 2.75) is 6.42 Å². The summed E-state index contributed by atoms with van der Waals surface area (Å²) in [6.07, 6.45) is 6.11. The first-order valence-corrected chi connectivity index (χ1v) is 7.69. The van der Waals surface area contributed by atoms with Crippen LogP contribution < -0.4 is 9.64 Å². The molecule has 1 aliphatic rings. The van der Waals surface area contributed by atoms with Crippen molar-refractivity contribution in [1.82, 2.24) is 15.0 Å². The number of piperazine rings is 1. The van der Waals surface area contributed by atoms with Crippen LogP contribution in [0.3, 0.4) is 0 Å². The molecule has 0 aliphatic carbocycles. The van der Waals surface area contributed by atoms with Gasteiger partial charge in [-0.2, -0.15) is 4.98 Å². The molecule has 0 bridgehead atoms. The first-order chi connectivity index (χ1) is 11.3. The van der Waals surface area contributed by atoms with Crippen molar-refractivity contribution in [2.75, 3.05) is 44.7 Å². The summed E-state index contributed by atoms with van der Waals surface area (Å²) in [5.74, 6) is 4.03. The van der Waals surface area contributed by atoms with E-state index in [1.54, 1.807) is 7.11 Å². The minimum Gasteiger partial charge on any atom is -0.497 e. The molecule has 0 amide bonds. The molecule has 6 heteroatoms. The van der Waals surface area contributed by atoms with Crippen LogP contribution in [0.2, 0.25) is 0 Å². The number of benzene rings is 1. The fourth-order valence-electron chi connectivity index (χ4n) is 2.61. The normalized spacial score (nSPS) is 15.4. The summed E-state index contributed by atoms with van der Waals surface area (Å²) < 4.78 is 10.6. The van der Waals surface area contributed by atoms with Gasteiger partial charge in [0.25, 0.3) is 0 Å². The number of ether oxygens (including phenoxy) is 1. The summed E-state index contributed by atoms with van der Waals surface area (Å²) >= 11 is 0. The van der Waals surface area contributed by atoms with Gasteiger partial charge >= 0.3 is 6.01 Å². The molecule has 1 aromatic carbocycles. The monoisotopic (exact) mass is 312 g/mol. The maximum Gasteiger partial charge on any atom is 0.324 e. The van der Waals surface area contributed by atoms with E-state index in [1.165, 1.54) is 0 Å². The lowest BCUT2D eigenvalue weighted by atomic mass is 10.2. The number of nitrogens with zero attached hydrogens (tertiary/aromatic N) is 4. The van der Waals surface area contributed by atoms with E-state index < -0.39 is 0 Å². The third-order valence-electron chi connectivity index (χ3n) is 3.96. The second-order valence-corrected chi connectivity index (χ2v) is 5.42. The molecule has 1 aromatic heterocycles. The van der Waals surface area contributed by atoms with E-state index in [-0.39, 0.29) is 0 Å². The number of anilines is 1. The van der Waals surface area contributed by atoms with Gasteiger partial charge in [0.05, 0.1) is 7.11 Å². The van der Waals surface area contributed by atoms with E-state index in [9.17, 15) is 0 Å². The van der Waals surface area contributed by atoms with Gasteiger partial charge in [-0.1, -0.05) is 17.3 Å². The van der Waals surface area contributed by atoms with E-state index in [0.717, 1.165) is 50.5 Å². The third kappa shape index (κ3) is 3.63. The number of rotatable bonds is 5. The first kappa shape index (κ1) is 15.4. The lowest BCUT2D eigenvalue weighted by molar-refractivity contribution is 0.255. The van der Waals surface area contributed by atoms with Crippen LogP contribution in [-0.2, 0) is 0 Å². The van der Waals surface area contributed by atoms with Crippen LogP contribution in [0.5, 0.6) is 5.75 Å². The fourth-order valence-corrected chi connectivity index (χ4v) is 2.61. The summed E-state index contributed by atoms with van der Waals surface area (Å²) in [5.41, 5.74) is 0.881. The maximum absolute atomic E-state index is 5.42. The Hall–Kier alpha value is -2.52. The van der Waals surface area contributed by atoms with Gasteiger partial charge in [0.15, 0.2) is 0 Å². The second kappa shape index (κ2) is 7.16. The van der Waals surface area contributed by atoms with E-state index in [4.69, 9.17) is 15.7 Å². The molecule has 0 N–H and O–H groups in total. The molecule has 3 rings (SSSR count). The third-order valence-corrected chi connectivity index (χ3v) is 3.96. The standard InChI is InChI=1S/C17H20N4O2/c1-3-4-8-20-9-11-21(12-10-20)17-18-16(19-23-17)14-6-5-7-15(13-14)22-2/h1,5-7,13H,4,8-12H2,2H3. The molecule has 0 saturated carbocycles. The highest BCUT2D eigenvalue weighted by Crippen LogP contribution is 2.24. The molecule has 0 spiro atoms. The number of aromatic nitrogens is 2. The quantitative estimate of drug-likeness (QED) is 0.786. The van der Waals surface area contributed by atoms with Gasteiger partial charge in [-0.25, -0.2) is 0 Å². The number of methoxy groups -OCH3 is 1. The maximum atomic E-state index is 5.42. The largest absolute Gasteiger partial charge is 0.497 e. The summed E-state index contributed by atoms with van der Waals surface area (Å²) in [6, 6.07) is 8.20. The van der Waals surface area contributed by atoms with Crippen LogP contribution in [0.25, 0.3) is 11.4 Å². The van der Waals surface area contributed by atoms with E-state index in [0.29, 0.717) is 11.8 Å². The Morgan fingerprint density at radius 2 is 2.13 bits per heavy atom. The lowest BCUT2D eigenvalue weighted by Gasteiger charge is -2.33. The molecule has 0 radical (unpaired) electrons. The molecule has 0 atom stereocenters. The van der Waals surface area contributed by atoms with Gasteiger partial charge in [-0.15, -0.1) is 12.3 Å². The van der Waals surface area contributed by atoms with Gasteiger partial charge in [-0.05, 0) is 12.1 Å². The van der Waals surface area contributed by atoms with Crippen molar-refractivity contribution in [1.29, 1.82) is 0 Å².